The lowest BCUT2D eigenvalue weighted by Gasteiger charge is -2.29. The van der Waals surface area contributed by atoms with Gasteiger partial charge >= 0.3 is 0 Å². The SMILES string of the molecule is Cc1ccc(NS(=O)(=O)c2c(C)cc(N3CCCCS3(=O)=O)cc2C)cc1C. The summed E-state index contributed by atoms with van der Waals surface area (Å²) in [5, 5.41) is 0. The highest BCUT2D eigenvalue weighted by Crippen LogP contribution is 2.31. The Morgan fingerprint density at radius 1 is 0.893 bits per heavy atom. The molecule has 1 aliphatic rings. The quantitative estimate of drug-likeness (QED) is 0.815. The number of hydrogen-bond donors (Lipinski definition) is 1. The summed E-state index contributed by atoms with van der Waals surface area (Å²) >= 11 is 0. The van der Waals surface area contributed by atoms with Crippen LogP contribution in [0.15, 0.2) is 35.2 Å². The van der Waals surface area contributed by atoms with Gasteiger partial charge in [-0.2, -0.15) is 0 Å². The second-order valence-corrected chi connectivity index (χ2v) is 11.0. The van der Waals surface area contributed by atoms with Crippen LogP contribution in [-0.2, 0) is 20.0 Å². The van der Waals surface area contributed by atoms with E-state index in [-0.39, 0.29) is 10.6 Å². The monoisotopic (exact) mass is 422 g/mol. The molecule has 1 N–H and O–H groups in total. The highest BCUT2D eigenvalue weighted by atomic mass is 32.2. The lowest BCUT2D eigenvalue weighted by molar-refractivity contribution is 0.574. The fourth-order valence-corrected chi connectivity index (χ4v) is 6.71. The lowest BCUT2D eigenvalue weighted by Crippen LogP contribution is -2.38. The molecule has 152 valence electrons. The van der Waals surface area contributed by atoms with E-state index in [0.717, 1.165) is 17.5 Å². The Balaban J connectivity index is 1.99. The molecule has 1 heterocycles. The predicted molar refractivity (Wildman–Crippen MR) is 113 cm³/mol. The molecule has 1 fully saturated rings. The van der Waals surface area contributed by atoms with Crippen molar-refractivity contribution in [1.82, 2.24) is 0 Å². The van der Waals surface area contributed by atoms with Crippen molar-refractivity contribution in [2.75, 3.05) is 21.3 Å². The topological polar surface area (TPSA) is 83.6 Å². The van der Waals surface area contributed by atoms with Crippen molar-refractivity contribution in [3.63, 3.8) is 0 Å². The number of rotatable bonds is 4. The fraction of sp³-hybridized carbons (Fsp3) is 0.400. The number of nitrogens with one attached hydrogen (secondary N) is 1. The molecule has 0 unspecified atom stereocenters. The Kier molecular flexibility index (Phi) is 5.46. The van der Waals surface area contributed by atoms with Gasteiger partial charge in [0.15, 0.2) is 0 Å². The Bertz CT molecular complexity index is 1100. The molecule has 1 saturated heterocycles. The van der Waals surface area contributed by atoms with Crippen molar-refractivity contribution in [3.05, 3.63) is 52.6 Å². The molecule has 0 atom stereocenters. The van der Waals surface area contributed by atoms with Crippen LogP contribution in [0.2, 0.25) is 0 Å². The molecule has 8 heteroatoms. The van der Waals surface area contributed by atoms with Gasteiger partial charge in [0.2, 0.25) is 10.0 Å². The third-order valence-corrected chi connectivity index (χ3v) is 8.67. The summed E-state index contributed by atoms with van der Waals surface area (Å²) < 4.78 is 54.8. The van der Waals surface area contributed by atoms with E-state index >= 15 is 0 Å². The van der Waals surface area contributed by atoms with Crippen LogP contribution in [-0.4, -0.2) is 29.1 Å². The fourth-order valence-electron chi connectivity index (χ4n) is 3.59. The molecule has 0 aromatic heterocycles. The van der Waals surface area contributed by atoms with E-state index < -0.39 is 20.0 Å². The van der Waals surface area contributed by atoms with Gasteiger partial charge < -0.3 is 0 Å². The summed E-state index contributed by atoms with van der Waals surface area (Å²) in [4.78, 5) is 0.184. The smallest absolute Gasteiger partial charge is 0.262 e. The molecule has 6 nitrogen and oxygen atoms in total. The number of aryl methyl sites for hydroxylation is 4. The summed E-state index contributed by atoms with van der Waals surface area (Å²) in [6.07, 6.45) is 1.45. The lowest BCUT2D eigenvalue weighted by atomic mass is 10.1. The Hall–Kier alpha value is -2.06. The van der Waals surface area contributed by atoms with E-state index in [0.29, 0.717) is 35.5 Å². The average Bonchev–Trinajstić information content (AvgIpc) is 2.56. The van der Waals surface area contributed by atoms with Gasteiger partial charge in [-0.1, -0.05) is 6.07 Å². The van der Waals surface area contributed by atoms with Gasteiger partial charge in [-0.05, 0) is 87.1 Å². The maximum Gasteiger partial charge on any atom is 0.262 e. The van der Waals surface area contributed by atoms with Crippen LogP contribution in [0.5, 0.6) is 0 Å². The summed E-state index contributed by atoms with van der Waals surface area (Å²) in [6, 6.07) is 8.69. The van der Waals surface area contributed by atoms with Gasteiger partial charge in [0.25, 0.3) is 10.0 Å². The molecule has 2 aromatic carbocycles. The standard InChI is InChI=1S/C20H26N2O4S2/c1-14-7-8-18(11-15(14)2)21-28(25,26)20-16(3)12-19(13-17(20)4)22-9-5-6-10-27(22,23)24/h7-8,11-13,21H,5-6,9-10H2,1-4H3. The molecule has 0 aliphatic carbocycles. The highest BCUT2D eigenvalue weighted by molar-refractivity contribution is 7.93. The van der Waals surface area contributed by atoms with Crippen molar-refractivity contribution >= 4 is 31.4 Å². The van der Waals surface area contributed by atoms with E-state index in [1.165, 1.54) is 4.31 Å². The van der Waals surface area contributed by atoms with Crippen LogP contribution in [0.3, 0.4) is 0 Å². The van der Waals surface area contributed by atoms with Crippen LogP contribution < -0.4 is 9.03 Å². The van der Waals surface area contributed by atoms with Crippen molar-refractivity contribution < 1.29 is 16.8 Å². The Labute approximate surface area is 167 Å². The minimum atomic E-state index is -3.80. The largest absolute Gasteiger partial charge is 0.280 e. The molecule has 0 amide bonds. The van der Waals surface area contributed by atoms with E-state index in [2.05, 4.69) is 4.72 Å². The summed E-state index contributed by atoms with van der Waals surface area (Å²) in [6.45, 7) is 7.71. The van der Waals surface area contributed by atoms with E-state index in [4.69, 9.17) is 0 Å². The van der Waals surface area contributed by atoms with Crippen molar-refractivity contribution in [3.8, 4) is 0 Å². The van der Waals surface area contributed by atoms with Gasteiger partial charge in [-0.3, -0.25) is 9.03 Å². The van der Waals surface area contributed by atoms with Crippen LogP contribution in [0, 0.1) is 27.7 Å². The van der Waals surface area contributed by atoms with Gasteiger partial charge in [-0.15, -0.1) is 0 Å². The van der Waals surface area contributed by atoms with E-state index in [1.807, 2.05) is 19.9 Å². The first-order valence-corrected chi connectivity index (χ1v) is 12.3. The summed E-state index contributed by atoms with van der Waals surface area (Å²) in [5.74, 6) is 0.124. The van der Waals surface area contributed by atoms with Crippen molar-refractivity contribution in [2.24, 2.45) is 0 Å². The molecule has 3 rings (SSSR count). The molecule has 0 bridgehead atoms. The zero-order chi connectivity index (χ0) is 20.7. The maximum absolute atomic E-state index is 13.0. The van der Waals surface area contributed by atoms with Gasteiger partial charge in [0.1, 0.15) is 0 Å². The van der Waals surface area contributed by atoms with Crippen LogP contribution in [0.4, 0.5) is 11.4 Å². The molecule has 0 spiro atoms. The molecule has 28 heavy (non-hydrogen) atoms. The van der Waals surface area contributed by atoms with E-state index in [9.17, 15) is 16.8 Å². The zero-order valence-corrected chi connectivity index (χ0v) is 18.2. The second kappa shape index (κ2) is 7.40. The number of anilines is 2. The van der Waals surface area contributed by atoms with Crippen molar-refractivity contribution in [2.45, 2.75) is 45.4 Å². The number of sulfonamides is 2. The van der Waals surface area contributed by atoms with Crippen LogP contribution in [0.25, 0.3) is 0 Å². The predicted octanol–water partition coefficient (Wildman–Crippen LogP) is 3.65. The summed E-state index contributed by atoms with van der Waals surface area (Å²) in [5.41, 5.74) is 4.16. The van der Waals surface area contributed by atoms with E-state index in [1.54, 1.807) is 38.1 Å². The minimum Gasteiger partial charge on any atom is -0.280 e. The highest BCUT2D eigenvalue weighted by Gasteiger charge is 2.28. The molecule has 1 aliphatic heterocycles. The molecule has 2 aromatic rings. The van der Waals surface area contributed by atoms with Gasteiger partial charge in [-0.25, -0.2) is 16.8 Å². The first-order chi connectivity index (χ1) is 13.0. The zero-order valence-electron chi connectivity index (χ0n) is 16.6. The average molecular weight is 423 g/mol. The third kappa shape index (κ3) is 4.03. The molecular formula is C20H26N2O4S2. The van der Waals surface area contributed by atoms with Gasteiger partial charge in [0, 0.05) is 12.2 Å². The van der Waals surface area contributed by atoms with Crippen molar-refractivity contribution in [1.29, 1.82) is 0 Å². The van der Waals surface area contributed by atoms with Crippen LogP contribution in [0.1, 0.15) is 35.1 Å². The van der Waals surface area contributed by atoms with Gasteiger partial charge in [0.05, 0.1) is 16.3 Å². The summed E-state index contributed by atoms with van der Waals surface area (Å²) in [7, 11) is -7.15. The number of benzene rings is 2. The number of nitrogens with zero attached hydrogens (tertiary/aromatic N) is 1. The Morgan fingerprint density at radius 2 is 1.54 bits per heavy atom. The third-order valence-electron chi connectivity index (χ3n) is 5.11. The number of hydrogen-bond acceptors (Lipinski definition) is 4. The first-order valence-electron chi connectivity index (χ1n) is 9.23. The molecular weight excluding hydrogens is 396 g/mol. The normalized spacial score (nSPS) is 16.8. The second-order valence-electron chi connectivity index (χ2n) is 7.41. The maximum atomic E-state index is 13.0. The first kappa shape index (κ1) is 20.7. The molecule has 0 saturated carbocycles. The molecule has 0 radical (unpaired) electrons. The van der Waals surface area contributed by atoms with Crippen LogP contribution >= 0.6 is 0 Å². The Morgan fingerprint density at radius 3 is 2.11 bits per heavy atom. The minimum absolute atomic E-state index is 0.124.